The molecule has 2 fully saturated rings. The summed E-state index contributed by atoms with van der Waals surface area (Å²) >= 11 is 0. The zero-order chi connectivity index (χ0) is 30.1. The molecule has 42 heavy (non-hydrogen) atoms. The summed E-state index contributed by atoms with van der Waals surface area (Å²) in [5.41, 5.74) is 2.33. The van der Waals surface area contributed by atoms with Crippen molar-refractivity contribution in [2.75, 3.05) is 6.54 Å². The normalized spacial score (nSPS) is 20.2. The number of hydrogen-bond donors (Lipinski definition) is 0. The average Bonchev–Trinajstić information content (AvgIpc) is 3.30. The summed E-state index contributed by atoms with van der Waals surface area (Å²) in [6.45, 7) is 13.2. The molecule has 2 aliphatic rings. The van der Waals surface area contributed by atoms with E-state index in [1.807, 2.05) is 91.9 Å². The highest BCUT2D eigenvalue weighted by Crippen LogP contribution is 2.46. The maximum absolute atomic E-state index is 14.1. The van der Waals surface area contributed by atoms with Gasteiger partial charge < -0.3 is 14.1 Å². The van der Waals surface area contributed by atoms with Gasteiger partial charge in [-0.15, -0.1) is 0 Å². The van der Waals surface area contributed by atoms with Gasteiger partial charge in [0.1, 0.15) is 18.9 Å². The Morgan fingerprint density at radius 3 is 2.12 bits per heavy atom. The van der Waals surface area contributed by atoms with Crippen molar-refractivity contribution in [3.63, 3.8) is 0 Å². The van der Waals surface area contributed by atoms with Crippen LogP contribution in [-0.4, -0.2) is 43.5 Å². The average molecular weight is 588 g/mol. The summed E-state index contributed by atoms with van der Waals surface area (Å²) in [5, 5.41) is -0.142. The fraction of sp³-hybridized carbons (Fsp3) is 0.412. The van der Waals surface area contributed by atoms with E-state index >= 15 is 0 Å². The van der Waals surface area contributed by atoms with Crippen LogP contribution in [0.15, 0.2) is 84.9 Å². The molecule has 0 radical (unpaired) electrons. The molecule has 3 aromatic rings. The Morgan fingerprint density at radius 2 is 1.57 bits per heavy atom. The molecule has 2 aliphatic heterocycles. The molecule has 2 saturated heterocycles. The van der Waals surface area contributed by atoms with Crippen LogP contribution in [0.3, 0.4) is 0 Å². The van der Waals surface area contributed by atoms with Gasteiger partial charge >= 0.3 is 5.97 Å². The molecule has 0 aromatic heterocycles. The topological polar surface area (TPSA) is 74.3 Å². The van der Waals surface area contributed by atoms with E-state index < -0.39 is 25.8 Å². The van der Waals surface area contributed by atoms with Gasteiger partial charge in [-0.2, -0.15) is 4.89 Å². The molecule has 3 atom stereocenters. The number of hydrogen-bond acceptors (Lipinski definition) is 6. The summed E-state index contributed by atoms with van der Waals surface area (Å²) in [5.74, 6) is -0.884. The molecule has 3 aromatic carbocycles. The van der Waals surface area contributed by atoms with Crippen molar-refractivity contribution >= 4 is 20.2 Å². The summed E-state index contributed by atoms with van der Waals surface area (Å²) in [4.78, 5) is 38.9. The van der Waals surface area contributed by atoms with Crippen LogP contribution in [0.2, 0.25) is 18.1 Å². The first kappa shape index (κ1) is 30.2. The van der Waals surface area contributed by atoms with Gasteiger partial charge in [-0.3, -0.25) is 9.68 Å². The van der Waals surface area contributed by atoms with Gasteiger partial charge in [0.15, 0.2) is 13.9 Å². The van der Waals surface area contributed by atoms with E-state index in [1.54, 1.807) is 4.90 Å². The number of carbonyl (C=O) groups is 2. The van der Waals surface area contributed by atoms with Crippen molar-refractivity contribution in [1.82, 2.24) is 4.90 Å². The van der Waals surface area contributed by atoms with E-state index in [-0.39, 0.29) is 29.9 Å². The highest BCUT2D eigenvalue weighted by molar-refractivity contribution is 6.74. The quantitative estimate of drug-likeness (QED) is 0.111. The Balaban J connectivity index is 1.38. The minimum absolute atomic E-state index is 0.0654. The van der Waals surface area contributed by atoms with Gasteiger partial charge in [0, 0.05) is 5.92 Å². The number of amides is 1. The van der Waals surface area contributed by atoms with Crippen LogP contribution in [0.1, 0.15) is 68.4 Å². The van der Waals surface area contributed by atoms with Gasteiger partial charge in [0.05, 0.1) is 13.0 Å². The van der Waals surface area contributed by atoms with Crippen LogP contribution >= 0.6 is 0 Å². The Hall–Kier alpha value is -3.30. The minimum Gasteiger partial charge on any atom is -0.401 e. The monoisotopic (exact) mass is 587 g/mol. The Labute approximate surface area is 249 Å². The minimum atomic E-state index is -2.47. The van der Waals surface area contributed by atoms with Crippen molar-refractivity contribution < 1.29 is 28.5 Å². The van der Waals surface area contributed by atoms with Gasteiger partial charge in [-0.05, 0) is 47.3 Å². The Bertz CT molecular complexity index is 1370. The molecule has 0 bridgehead atoms. The van der Waals surface area contributed by atoms with E-state index in [0.717, 1.165) is 22.3 Å². The number of ether oxygens (including phenoxy) is 1. The molecule has 5 rings (SSSR count). The van der Waals surface area contributed by atoms with E-state index in [1.165, 1.54) is 0 Å². The smallest absolute Gasteiger partial charge is 0.373 e. The molecular formula is C34H41NO6Si. The SMILES string of the molecule is CC(C)(C)[Si](C)(C)O[C@](C)(C(=O)OOCc1cccc([C@@H]2CN3C(=O)C[C@@H]3O2)c1)C(c1ccccc1)c1ccccc1. The third-order valence-electron chi connectivity index (χ3n) is 8.88. The first-order valence-corrected chi connectivity index (χ1v) is 17.5. The highest BCUT2D eigenvalue weighted by atomic mass is 28.4. The number of rotatable bonds is 10. The second-order valence-electron chi connectivity index (χ2n) is 12.9. The second kappa shape index (κ2) is 11.8. The van der Waals surface area contributed by atoms with Gasteiger partial charge in [0.2, 0.25) is 5.91 Å². The molecule has 2 heterocycles. The standard InChI is InChI=1S/C34H41NO6Si/c1-33(2,3)42(5,6)41-34(4,31(25-15-9-7-10-16-25)26-17-11-8-12-18-26)32(37)40-38-23-24-14-13-19-27(20-24)28-22-35-29(36)21-30(35)39-28/h7-20,28,30-31H,21-23H2,1-6H3/t28-,30-,34-/m0/s1. The fourth-order valence-corrected chi connectivity index (χ4v) is 7.07. The number of carbonyl (C=O) groups excluding carboxylic acids is 2. The lowest BCUT2D eigenvalue weighted by Gasteiger charge is -2.45. The molecule has 8 heteroatoms. The number of nitrogens with zero attached hydrogens (tertiary/aromatic N) is 1. The molecular weight excluding hydrogens is 546 g/mol. The van der Waals surface area contributed by atoms with E-state index in [2.05, 4.69) is 33.9 Å². The number of fused-ring (bicyclic) bond motifs is 1. The van der Waals surface area contributed by atoms with E-state index in [0.29, 0.717) is 13.0 Å². The zero-order valence-corrected chi connectivity index (χ0v) is 26.3. The van der Waals surface area contributed by atoms with E-state index in [9.17, 15) is 9.59 Å². The third-order valence-corrected chi connectivity index (χ3v) is 13.4. The Kier molecular flexibility index (Phi) is 8.45. The summed E-state index contributed by atoms with van der Waals surface area (Å²) in [6.07, 6.45) is 0.143. The molecule has 7 nitrogen and oxygen atoms in total. The first-order valence-electron chi connectivity index (χ1n) is 14.6. The zero-order valence-electron chi connectivity index (χ0n) is 25.3. The van der Waals surface area contributed by atoms with Crippen LogP contribution in [-0.2, 0) is 35.1 Å². The molecule has 0 aliphatic carbocycles. The van der Waals surface area contributed by atoms with Crippen molar-refractivity contribution in [2.45, 2.75) is 82.7 Å². The van der Waals surface area contributed by atoms with Crippen molar-refractivity contribution in [2.24, 2.45) is 0 Å². The molecule has 0 N–H and O–H groups in total. The maximum atomic E-state index is 14.1. The lowest BCUT2D eigenvalue weighted by atomic mass is 9.78. The fourth-order valence-electron chi connectivity index (χ4n) is 5.50. The van der Waals surface area contributed by atoms with Crippen LogP contribution in [0.5, 0.6) is 0 Å². The third kappa shape index (κ3) is 6.08. The van der Waals surface area contributed by atoms with Gasteiger partial charge in [-0.1, -0.05) is 106 Å². The molecule has 0 spiro atoms. The summed E-state index contributed by atoms with van der Waals surface area (Å²) < 4.78 is 13.0. The second-order valence-corrected chi connectivity index (χ2v) is 17.7. The lowest BCUT2D eigenvalue weighted by molar-refractivity contribution is -0.291. The molecule has 0 saturated carbocycles. The summed E-state index contributed by atoms with van der Waals surface area (Å²) in [6, 6.07) is 27.7. The molecule has 0 unspecified atom stereocenters. The number of β-lactam (4-membered cyclic amide) rings is 1. The molecule has 222 valence electrons. The van der Waals surface area contributed by atoms with Crippen LogP contribution in [0.4, 0.5) is 0 Å². The largest absolute Gasteiger partial charge is 0.401 e. The molecule has 1 amide bonds. The summed E-state index contributed by atoms with van der Waals surface area (Å²) in [7, 11) is -2.47. The predicted octanol–water partition coefficient (Wildman–Crippen LogP) is 6.90. The van der Waals surface area contributed by atoms with Gasteiger partial charge in [-0.25, -0.2) is 4.79 Å². The predicted molar refractivity (Wildman–Crippen MR) is 163 cm³/mol. The highest BCUT2D eigenvalue weighted by Gasteiger charge is 2.53. The van der Waals surface area contributed by atoms with Crippen molar-refractivity contribution in [1.29, 1.82) is 0 Å². The van der Waals surface area contributed by atoms with Crippen LogP contribution < -0.4 is 0 Å². The number of benzene rings is 3. The Morgan fingerprint density at radius 1 is 0.952 bits per heavy atom. The van der Waals surface area contributed by atoms with Crippen LogP contribution in [0.25, 0.3) is 0 Å². The first-order chi connectivity index (χ1) is 19.9. The van der Waals surface area contributed by atoms with Crippen molar-refractivity contribution in [3.8, 4) is 0 Å². The van der Waals surface area contributed by atoms with Crippen LogP contribution in [0, 0.1) is 0 Å². The van der Waals surface area contributed by atoms with Gasteiger partial charge in [0.25, 0.3) is 0 Å². The lowest BCUT2D eigenvalue weighted by Crippen LogP contribution is -2.55. The van der Waals surface area contributed by atoms with E-state index in [4.69, 9.17) is 18.9 Å². The van der Waals surface area contributed by atoms with Crippen molar-refractivity contribution in [3.05, 3.63) is 107 Å². The maximum Gasteiger partial charge on any atom is 0.373 e.